The molecule has 5 heteroatoms. The first kappa shape index (κ1) is 20.7. The van der Waals surface area contributed by atoms with E-state index in [0.29, 0.717) is 5.92 Å². The third-order valence-electron chi connectivity index (χ3n) is 6.33. The van der Waals surface area contributed by atoms with Crippen molar-refractivity contribution in [3.8, 4) is 5.75 Å². The summed E-state index contributed by atoms with van der Waals surface area (Å²) in [6.07, 6.45) is 6.15. The van der Waals surface area contributed by atoms with E-state index < -0.39 is 0 Å². The average molecular weight is 408 g/mol. The van der Waals surface area contributed by atoms with E-state index in [1.54, 1.807) is 0 Å². The highest BCUT2D eigenvalue weighted by Crippen LogP contribution is 2.31. The number of nitrogens with one attached hydrogen (secondary N) is 2. The van der Waals surface area contributed by atoms with Crippen LogP contribution in [0, 0.1) is 11.8 Å². The monoisotopic (exact) mass is 407 g/mol. The SMILES string of the molecule is O=C(Nc1ccc(CC2CCC(COc3ccccc3)CC2)cc1)N1CCNCC1. The highest BCUT2D eigenvalue weighted by Gasteiger charge is 2.22. The lowest BCUT2D eigenvalue weighted by molar-refractivity contribution is 0.182. The fourth-order valence-electron chi connectivity index (χ4n) is 4.46. The Labute approximate surface area is 179 Å². The van der Waals surface area contributed by atoms with Gasteiger partial charge in [0.2, 0.25) is 0 Å². The fourth-order valence-corrected chi connectivity index (χ4v) is 4.46. The number of ether oxygens (including phenoxy) is 1. The van der Waals surface area contributed by atoms with Crippen LogP contribution in [0.4, 0.5) is 10.5 Å². The molecule has 160 valence electrons. The molecule has 0 bridgehead atoms. The molecule has 0 unspecified atom stereocenters. The Morgan fingerprint density at radius 2 is 1.60 bits per heavy atom. The van der Waals surface area contributed by atoms with Crippen LogP contribution in [-0.2, 0) is 6.42 Å². The van der Waals surface area contributed by atoms with Crippen molar-refractivity contribution < 1.29 is 9.53 Å². The number of nitrogens with zero attached hydrogens (tertiary/aromatic N) is 1. The van der Waals surface area contributed by atoms with E-state index >= 15 is 0 Å². The number of para-hydroxylation sites is 1. The lowest BCUT2D eigenvalue weighted by Crippen LogP contribution is -2.48. The fraction of sp³-hybridized carbons (Fsp3) is 0.480. The number of anilines is 1. The van der Waals surface area contributed by atoms with Crippen molar-refractivity contribution in [3.05, 3.63) is 60.2 Å². The molecule has 2 aliphatic rings. The minimum absolute atomic E-state index is 0.000272. The molecule has 0 radical (unpaired) electrons. The first-order valence-corrected chi connectivity index (χ1v) is 11.3. The first-order chi connectivity index (χ1) is 14.8. The van der Waals surface area contributed by atoms with E-state index in [0.717, 1.165) is 56.6 Å². The average Bonchev–Trinajstić information content (AvgIpc) is 2.81. The Morgan fingerprint density at radius 1 is 0.933 bits per heavy atom. The number of urea groups is 1. The number of hydrogen-bond donors (Lipinski definition) is 2. The van der Waals surface area contributed by atoms with Crippen LogP contribution in [0.5, 0.6) is 5.75 Å². The van der Waals surface area contributed by atoms with Crippen molar-refractivity contribution in [3.63, 3.8) is 0 Å². The number of hydrogen-bond acceptors (Lipinski definition) is 3. The van der Waals surface area contributed by atoms with E-state index in [9.17, 15) is 4.79 Å². The van der Waals surface area contributed by atoms with Crippen molar-refractivity contribution in [2.45, 2.75) is 32.1 Å². The molecule has 0 atom stereocenters. The molecule has 2 amide bonds. The first-order valence-electron chi connectivity index (χ1n) is 11.3. The van der Waals surface area contributed by atoms with Gasteiger partial charge in [-0.1, -0.05) is 30.3 Å². The van der Waals surface area contributed by atoms with Crippen LogP contribution in [0.3, 0.4) is 0 Å². The second-order valence-electron chi connectivity index (χ2n) is 8.58. The summed E-state index contributed by atoms with van der Waals surface area (Å²) in [5, 5.41) is 6.29. The molecular formula is C25H33N3O2. The molecule has 1 aliphatic heterocycles. The summed E-state index contributed by atoms with van der Waals surface area (Å²) >= 11 is 0. The molecule has 1 heterocycles. The van der Waals surface area contributed by atoms with Crippen LogP contribution < -0.4 is 15.4 Å². The summed E-state index contributed by atoms with van der Waals surface area (Å²) in [4.78, 5) is 14.2. The minimum Gasteiger partial charge on any atom is -0.493 e. The van der Waals surface area contributed by atoms with Gasteiger partial charge in [-0.3, -0.25) is 0 Å². The molecule has 1 saturated heterocycles. The van der Waals surface area contributed by atoms with Gasteiger partial charge < -0.3 is 20.3 Å². The van der Waals surface area contributed by atoms with Gasteiger partial charge in [-0.25, -0.2) is 4.79 Å². The Kier molecular flexibility index (Phi) is 7.25. The van der Waals surface area contributed by atoms with Gasteiger partial charge in [0, 0.05) is 31.9 Å². The van der Waals surface area contributed by atoms with Crippen molar-refractivity contribution in [2.75, 3.05) is 38.1 Å². The van der Waals surface area contributed by atoms with Crippen molar-refractivity contribution in [1.29, 1.82) is 0 Å². The van der Waals surface area contributed by atoms with Crippen molar-refractivity contribution in [2.24, 2.45) is 11.8 Å². The molecule has 4 rings (SSSR count). The molecule has 2 N–H and O–H groups in total. The van der Waals surface area contributed by atoms with Crippen LogP contribution in [0.25, 0.3) is 0 Å². The number of carbonyl (C=O) groups is 1. The van der Waals surface area contributed by atoms with Gasteiger partial charge in [-0.15, -0.1) is 0 Å². The standard InChI is InChI=1S/C25H33N3O2/c29-25(28-16-14-26-15-17-28)27-23-12-10-21(11-13-23)18-20-6-8-22(9-7-20)19-30-24-4-2-1-3-5-24/h1-5,10-13,20,22,26H,6-9,14-19H2,(H,27,29). The maximum Gasteiger partial charge on any atom is 0.321 e. The summed E-state index contributed by atoms with van der Waals surface area (Å²) in [7, 11) is 0. The van der Waals surface area contributed by atoms with Gasteiger partial charge in [-0.05, 0) is 73.8 Å². The molecule has 1 saturated carbocycles. The zero-order valence-corrected chi connectivity index (χ0v) is 17.7. The topological polar surface area (TPSA) is 53.6 Å². The summed E-state index contributed by atoms with van der Waals surface area (Å²) in [6.45, 7) is 4.10. The Hall–Kier alpha value is -2.53. The molecule has 2 fully saturated rings. The van der Waals surface area contributed by atoms with Crippen LogP contribution in [0.1, 0.15) is 31.2 Å². The van der Waals surface area contributed by atoms with Gasteiger partial charge >= 0.3 is 6.03 Å². The summed E-state index contributed by atoms with van der Waals surface area (Å²) in [5.74, 6) is 2.40. The largest absolute Gasteiger partial charge is 0.493 e. The highest BCUT2D eigenvalue weighted by molar-refractivity contribution is 5.89. The molecular weight excluding hydrogens is 374 g/mol. The summed E-state index contributed by atoms with van der Waals surface area (Å²) < 4.78 is 5.95. The molecule has 1 aliphatic carbocycles. The van der Waals surface area contributed by atoms with Gasteiger partial charge in [0.1, 0.15) is 5.75 Å². The maximum atomic E-state index is 12.3. The highest BCUT2D eigenvalue weighted by atomic mass is 16.5. The maximum absolute atomic E-state index is 12.3. The smallest absolute Gasteiger partial charge is 0.321 e. The van der Waals surface area contributed by atoms with Crippen LogP contribution in [-0.4, -0.2) is 43.7 Å². The van der Waals surface area contributed by atoms with Gasteiger partial charge in [-0.2, -0.15) is 0 Å². The third-order valence-corrected chi connectivity index (χ3v) is 6.33. The quantitative estimate of drug-likeness (QED) is 0.739. The Balaban J connectivity index is 1.18. The van der Waals surface area contributed by atoms with Crippen LogP contribution in [0.2, 0.25) is 0 Å². The van der Waals surface area contributed by atoms with Crippen LogP contribution in [0.15, 0.2) is 54.6 Å². The number of amides is 2. The second-order valence-corrected chi connectivity index (χ2v) is 8.58. The van der Waals surface area contributed by atoms with Crippen molar-refractivity contribution >= 4 is 11.7 Å². The molecule has 5 nitrogen and oxygen atoms in total. The predicted octanol–water partition coefficient (Wildman–Crippen LogP) is 4.55. The van der Waals surface area contributed by atoms with E-state index in [1.807, 2.05) is 47.4 Å². The minimum atomic E-state index is 0.000272. The number of benzene rings is 2. The predicted molar refractivity (Wildman–Crippen MR) is 121 cm³/mol. The van der Waals surface area contributed by atoms with Crippen LogP contribution >= 0.6 is 0 Å². The van der Waals surface area contributed by atoms with Gasteiger partial charge in [0.25, 0.3) is 0 Å². The second kappa shape index (κ2) is 10.5. The van der Waals surface area contributed by atoms with E-state index in [4.69, 9.17) is 4.74 Å². The summed E-state index contributed by atoms with van der Waals surface area (Å²) in [5.41, 5.74) is 2.24. The number of carbonyl (C=O) groups excluding carboxylic acids is 1. The number of rotatable bonds is 6. The number of piperazine rings is 1. The molecule has 0 spiro atoms. The zero-order chi connectivity index (χ0) is 20.6. The molecule has 2 aromatic rings. The molecule has 0 aromatic heterocycles. The zero-order valence-electron chi connectivity index (χ0n) is 17.7. The summed E-state index contributed by atoms with van der Waals surface area (Å²) in [6, 6.07) is 18.5. The lowest BCUT2D eigenvalue weighted by Gasteiger charge is -2.28. The molecule has 30 heavy (non-hydrogen) atoms. The van der Waals surface area contributed by atoms with Gasteiger partial charge in [0.05, 0.1) is 6.61 Å². The Morgan fingerprint density at radius 3 is 2.30 bits per heavy atom. The lowest BCUT2D eigenvalue weighted by atomic mass is 9.79. The van der Waals surface area contributed by atoms with E-state index in [1.165, 1.54) is 31.2 Å². The van der Waals surface area contributed by atoms with E-state index in [-0.39, 0.29) is 6.03 Å². The molecule has 2 aromatic carbocycles. The van der Waals surface area contributed by atoms with E-state index in [2.05, 4.69) is 22.8 Å². The Bertz CT molecular complexity index is 780. The van der Waals surface area contributed by atoms with Crippen molar-refractivity contribution in [1.82, 2.24) is 10.2 Å². The normalized spacial score (nSPS) is 21.8. The third kappa shape index (κ3) is 5.99. The van der Waals surface area contributed by atoms with Gasteiger partial charge in [0.15, 0.2) is 0 Å².